The van der Waals surface area contributed by atoms with Crippen molar-refractivity contribution < 1.29 is 0 Å². The molecule has 0 fully saturated rings. The lowest BCUT2D eigenvalue weighted by atomic mass is 9.79. The first kappa shape index (κ1) is 76.7. The Hall–Kier alpha value is -13.3. The predicted molar refractivity (Wildman–Crippen MR) is 517 cm³/mol. The molecule has 2 aliphatic carbocycles. The van der Waals surface area contributed by atoms with Gasteiger partial charge in [0, 0.05) is 79.1 Å². The Morgan fingerprint density at radius 2 is 0.475 bits per heavy atom. The zero-order chi connectivity index (χ0) is 82.7. The number of rotatable bonds is 14. The van der Waals surface area contributed by atoms with Gasteiger partial charge in [0.25, 0.3) is 0 Å². The minimum absolute atomic E-state index is 0.0816. The first-order chi connectivity index (χ1) is 57.9. The number of para-hydroxylation sites is 4. The lowest BCUT2D eigenvalue weighted by molar-refractivity contribution is 0.590. The predicted octanol–water partition coefficient (Wildman–Crippen LogP) is 33.6. The van der Waals surface area contributed by atoms with E-state index in [0.717, 1.165) is 68.2 Å². The molecular formula is C116H104N4. The molecule has 0 unspecified atom stereocenters. The maximum atomic E-state index is 2.48. The summed E-state index contributed by atoms with van der Waals surface area (Å²) in [6.07, 6.45) is 0. The Labute approximate surface area is 708 Å². The summed E-state index contributed by atoms with van der Waals surface area (Å²) in [5.74, 6) is 0.962. The highest BCUT2D eigenvalue weighted by molar-refractivity contribution is 6.21. The third-order valence-electron chi connectivity index (χ3n) is 25.8. The largest absolute Gasteiger partial charge is 0.310 e. The maximum Gasteiger partial charge on any atom is 0.0468 e. The highest BCUT2D eigenvalue weighted by Gasteiger charge is 2.41. The fourth-order valence-corrected chi connectivity index (χ4v) is 19.4. The molecule has 4 nitrogen and oxygen atoms in total. The van der Waals surface area contributed by atoms with Crippen LogP contribution in [0.2, 0.25) is 0 Å². The summed E-state index contributed by atoms with van der Waals surface area (Å²) in [6.45, 7) is 32.4. The second-order valence-corrected chi connectivity index (χ2v) is 36.9. The normalized spacial score (nSPS) is 13.2. The fraction of sp³-hybridized carbons (Fsp3) is 0.172. The number of nitrogens with zero attached hydrogens (tertiary/aromatic N) is 4. The Morgan fingerprint density at radius 3 is 0.775 bits per heavy atom. The summed E-state index contributed by atoms with van der Waals surface area (Å²) >= 11 is 0. The highest BCUT2D eigenvalue weighted by atomic mass is 15.2. The summed E-state index contributed by atoms with van der Waals surface area (Å²) in [6, 6.07) is 136. The van der Waals surface area contributed by atoms with Crippen LogP contribution in [0.15, 0.2) is 364 Å². The summed E-state index contributed by atoms with van der Waals surface area (Å²) in [5.41, 5.74) is 29.8. The van der Waals surface area contributed by atoms with Crippen LogP contribution in [0.5, 0.6) is 0 Å². The lowest BCUT2D eigenvalue weighted by Gasteiger charge is -2.28. The SMILES string of the molecule is CC(C)(C)c1ccc(N(c2ccccc2)c2ccc3cc4c(cc3c2)C(C)(C)c2c-4c3ccccc3c3cc(N(c4ccccc4)c4ccc(C(C)(C)C)cc4)ccc23)cc1.CC(C)c1ccc(N(c2ccccc2)c2ccc3cc4c(cc3c2)C(C)(C)c2c-4c3ccccc3c3cc(N(c4ccccc4)c4ccc(C(C)C)cc4)ccc23)cc1. The molecule has 0 spiro atoms. The fourth-order valence-electron chi connectivity index (χ4n) is 19.4. The average molecular weight is 1550 g/mol. The molecule has 0 bridgehead atoms. The van der Waals surface area contributed by atoms with Crippen molar-refractivity contribution in [1.29, 1.82) is 0 Å². The van der Waals surface area contributed by atoms with E-state index in [4.69, 9.17) is 0 Å². The van der Waals surface area contributed by atoms with Crippen LogP contribution in [0.25, 0.3) is 86.9 Å². The van der Waals surface area contributed by atoms with Crippen molar-refractivity contribution >= 4 is 133 Å². The van der Waals surface area contributed by atoms with Crippen molar-refractivity contribution in [1.82, 2.24) is 0 Å². The van der Waals surface area contributed by atoms with Gasteiger partial charge in [-0.2, -0.15) is 0 Å². The van der Waals surface area contributed by atoms with Gasteiger partial charge in [0.05, 0.1) is 0 Å². The Kier molecular flexibility index (Phi) is 19.1. The average Bonchev–Trinajstić information content (AvgIpc) is 1.53. The molecule has 20 rings (SSSR count). The second kappa shape index (κ2) is 30.0. The quantitative estimate of drug-likeness (QED) is 0.101. The molecule has 0 heterocycles. The van der Waals surface area contributed by atoms with Crippen LogP contribution >= 0.6 is 0 Å². The zero-order valence-electron chi connectivity index (χ0n) is 71.6. The van der Waals surface area contributed by atoms with E-state index in [9.17, 15) is 0 Å². The van der Waals surface area contributed by atoms with Gasteiger partial charge in [-0.05, 0) is 324 Å². The third-order valence-corrected chi connectivity index (χ3v) is 25.8. The summed E-state index contributed by atoms with van der Waals surface area (Å²) < 4.78 is 0. The molecule has 18 aromatic carbocycles. The van der Waals surface area contributed by atoms with E-state index >= 15 is 0 Å². The van der Waals surface area contributed by atoms with Crippen molar-refractivity contribution in [3.8, 4) is 22.3 Å². The van der Waals surface area contributed by atoms with Crippen molar-refractivity contribution in [3.05, 3.63) is 408 Å². The molecule has 2 aliphatic rings. The van der Waals surface area contributed by atoms with Gasteiger partial charge in [-0.3, -0.25) is 0 Å². The van der Waals surface area contributed by atoms with Crippen LogP contribution in [0.4, 0.5) is 68.2 Å². The van der Waals surface area contributed by atoms with E-state index in [1.54, 1.807) is 0 Å². The molecule has 120 heavy (non-hydrogen) atoms. The lowest BCUT2D eigenvalue weighted by Crippen LogP contribution is -2.16. The molecule has 4 heteroatoms. The third kappa shape index (κ3) is 13.5. The monoisotopic (exact) mass is 1550 g/mol. The van der Waals surface area contributed by atoms with E-state index in [1.807, 2.05) is 0 Å². The van der Waals surface area contributed by atoms with Crippen LogP contribution in [0.1, 0.15) is 153 Å². The van der Waals surface area contributed by atoms with Crippen LogP contribution in [0, 0.1) is 0 Å². The highest BCUT2D eigenvalue weighted by Crippen LogP contribution is 2.59. The Morgan fingerprint density at radius 1 is 0.217 bits per heavy atom. The van der Waals surface area contributed by atoms with Crippen LogP contribution < -0.4 is 19.6 Å². The molecule has 588 valence electrons. The molecule has 0 saturated carbocycles. The molecule has 0 aliphatic heterocycles. The van der Waals surface area contributed by atoms with Gasteiger partial charge >= 0.3 is 0 Å². The van der Waals surface area contributed by atoms with Gasteiger partial charge in [0.15, 0.2) is 0 Å². The molecule has 0 radical (unpaired) electrons. The topological polar surface area (TPSA) is 13.0 Å². The molecule has 0 atom stereocenters. The smallest absolute Gasteiger partial charge is 0.0468 e. The van der Waals surface area contributed by atoms with E-state index in [2.05, 4.69) is 481 Å². The molecule has 0 N–H and O–H groups in total. The molecular weight excluding hydrogens is 1450 g/mol. The molecule has 18 aromatic rings. The van der Waals surface area contributed by atoms with Crippen molar-refractivity contribution in [3.63, 3.8) is 0 Å². The second-order valence-electron chi connectivity index (χ2n) is 36.9. The van der Waals surface area contributed by atoms with E-state index in [0.29, 0.717) is 11.8 Å². The van der Waals surface area contributed by atoms with E-state index < -0.39 is 0 Å². The van der Waals surface area contributed by atoms with E-state index in [1.165, 1.54) is 131 Å². The van der Waals surface area contributed by atoms with Gasteiger partial charge in [-0.15, -0.1) is 0 Å². The number of hydrogen-bond acceptors (Lipinski definition) is 4. The molecule has 0 aromatic heterocycles. The number of anilines is 12. The molecule has 0 amide bonds. The zero-order valence-corrected chi connectivity index (χ0v) is 71.6. The van der Waals surface area contributed by atoms with Crippen LogP contribution in [0.3, 0.4) is 0 Å². The number of fused-ring (bicyclic) bond motifs is 18. The van der Waals surface area contributed by atoms with Crippen molar-refractivity contribution in [2.75, 3.05) is 19.6 Å². The maximum absolute atomic E-state index is 2.48. The van der Waals surface area contributed by atoms with Gasteiger partial charge < -0.3 is 19.6 Å². The van der Waals surface area contributed by atoms with Gasteiger partial charge in [0.1, 0.15) is 0 Å². The first-order valence-electron chi connectivity index (χ1n) is 42.9. The Balaban J connectivity index is 0.000000159. The Bertz CT molecular complexity index is 6930. The number of hydrogen-bond donors (Lipinski definition) is 0. The van der Waals surface area contributed by atoms with E-state index in [-0.39, 0.29) is 21.7 Å². The minimum Gasteiger partial charge on any atom is -0.310 e. The number of benzene rings is 18. The summed E-state index contributed by atoms with van der Waals surface area (Å²) in [5, 5.41) is 15.4. The first-order valence-corrected chi connectivity index (χ1v) is 42.9. The summed E-state index contributed by atoms with van der Waals surface area (Å²) in [4.78, 5) is 9.56. The van der Waals surface area contributed by atoms with Crippen LogP contribution in [-0.4, -0.2) is 0 Å². The molecule has 0 saturated heterocycles. The van der Waals surface area contributed by atoms with Gasteiger partial charge in [-0.1, -0.05) is 291 Å². The van der Waals surface area contributed by atoms with Crippen molar-refractivity contribution in [2.24, 2.45) is 0 Å². The minimum atomic E-state index is -0.234. The van der Waals surface area contributed by atoms with Crippen LogP contribution in [-0.2, 0) is 21.7 Å². The standard InChI is InChI=1S/C59H54N2.C57H50N2/c1-57(2,3)41-24-29-45(30-25-41)60(43-17-11-9-12-18-43)47-28-23-39-36-53-54(37-40(39)35-47)59(7,8)56-51-34-33-48(38-52(51)49-21-15-16-22-50(49)55(53)56)61(44-19-13-10-14-20-44)46-31-26-42(27-32-46)58(4,5)6;1-37(2)39-21-26-45(27-22-39)58(43-15-9-7-10-16-43)47-30-25-41-34-53-54(35-42(41)33-47)57(5,6)56-51-32-31-48(36-52(51)49-19-13-14-20-50(49)55(53)56)59(44-17-11-8-12-18-44)46-28-23-40(24-29-46)38(3)4/h9-38H,1-8H3;7-38H,1-6H3. The summed E-state index contributed by atoms with van der Waals surface area (Å²) in [7, 11) is 0. The van der Waals surface area contributed by atoms with Gasteiger partial charge in [0.2, 0.25) is 0 Å². The van der Waals surface area contributed by atoms with Gasteiger partial charge in [-0.25, -0.2) is 0 Å². The van der Waals surface area contributed by atoms with Crippen molar-refractivity contribution in [2.45, 2.75) is 130 Å².